The van der Waals surface area contributed by atoms with E-state index in [1.165, 1.54) is 19.1 Å². The minimum atomic E-state index is -1.11. The predicted octanol–water partition coefficient (Wildman–Crippen LogP) is -0.637. The van der Waals surface area contributed by atoms with Gasteiger partial charge in [0.05, 0.1) is 6.10 Å². The zero-order valence-corrected chi connectivity index (χ0v) is 6.28. The second-order valence-electron chi connectivity index (χ2n) is 2.92. The Morgan fingerprint density at radius 3 is 2.64 bits per heavy atom. The SMILES string of the molecule is CC1(N)C(O)=CC(N)=CC1O. The molecular formula is C7H12N2O2. The molecular weight excluding hydrogens is 144 g/mol. The maximum absolute atomic E-state index is 9.30. The van der Waals surface area contributed by atoms with Crippen LogP contribution in [0.1, 0.15) is 6.92 Å². The van der Waals surface area contributed by atoms with E-state index in [1.807, 2.05) is 0 Å². The molecule has 0 radical (unpaired) electrons. The van der Waals surface area contributed by atoms with E-state index in [0.717, 1.165) is 0 Å². The molecule has 0 heterocycles. The third kappa shape index (κ3) is 1.22. The largest absolute Gasteiger partial charge is 0.510 e. The van der Waals surface area contributed by atoms with Crippen LogP contribution in [-0.4, -0.2) is 21.9 Å². The van der Waals surface area contributed by atoms with Crippen molar-refractivity contribution in [1.29, 1.82) is 0 Å². The molecule has 6 N–H and O–H groups in total. The van der Waals surface area contributed by atoms with Gasteiger partial charge in [0.2, 0.25) is 0 Å². The minimum Gasteiger partial charge on any atom is -0.510 e. The third-order valence-corrected chi connectivity index (χ3v) is 1.82. The summed E-state index contributed by atoms with van der Waals surface area (Å²) in [6.07, 6.45) is 1.82. The summed E-state index contributed by atoms with van der Waals surface area (Å²) in [5.74, 6) is -0.0926. The highest BCUT2D eigenvalue weighted by Gasteiger charge is 2.34. The van der Waals surface area contributed by atoms with Crippen LogP contribution in [0.5, 0.6) is 0 Å². The Balaban J connectivity index is 3.01. The highest BCUT2D eigenvalue weighted by Crippen LogP contribution is 2.22. The summed E-state index contributed by atoms with van der Waals surface area (Å²) >= 11 is 0. The van der Waals surface area contributed by atoms with Gasteiger partial charge in [0, 0.05) is 11.8 Å². The molecule has 2 atom stereocenters. The number of hydrogen-bond acceptors (Lipinski definition) is 4. The number of hydrogen-bond donors (Lipinski definition) is 4. The van der Waals surface area contributed by atoms with Crippen molar-refractivity contribution in [1.82, 2.24) is 0 Å². The van der Waals surface area contributed by atoms with E-state index in [2.05, 4.69) is 0 Å². The summed E-state index contributed by atoms with van der Waals surface area (Å²) in [5, 5.41) is 18.5. The minimum absolute atomic E-state index is 0.0926. The Hall–Kier alpha value is -1.00. The van der Waals surface area contributed by atoms with Crippen molar-refractivity contribution in [3.63, 3.8) is 0 Å². The molecule has 0 spiro atoms. The third-order valence-electron chi connectivity index (χ3n) is 1.82. The maximum Gasteiger partial charge on any atom is 0.117 e. The molecule has 62 valence electrons. The van der Waals surface area contributed by atoms with Crippen LogP contribution in [0, 0.1) is 0 Å². The van der Waals surface area contributed by atoms with Gasteiger partial charge in [-0.3, -0.25) is 0 Å². The summed E-state index contributed by atoms with van der Waals surface area (Å²) in [6.45, 7) is 1.53. The van der Waals surface area contributed by atoms with Crippen molar-refractivity contribution in [3.8, 4) is 0 Å². The van der Waals surface area contributed by atoms with Gasteiger partial charge >= 0.3 is 0 Å². The highest BCUT2D eigenvalue weighted by molar-refractivity contribution is 5.33. The van der Waals surface area contributed by atoms with Gasteiger partial charge in [-0.1, -0.05) is 0 Å². The Morgan fingerprint density at radius 1 is 1.64 bits per heavy atom. The number of allylic oxidation sites excluding steroid dienone is 1. The van der Waals surface area contributed by atoms with Crippen LogP contribution >= 0.6 is 0 Å². The van der Waals surface area contributed by atoms with Crippen molar-refractivity contribution in [2.75, 3.05) is 0 Å². The van der Waals surface area contributed by atoms with Gasteiger partial charge in [0.25, 0.3) is 0 Å². The lowest BCUT2D eigenvalue weighted by Gasteiger charge is -2.30. The van der Waals surface area contributed by atoms with Crippen LogP contribution in [0.2, 0.25) is 0 Å². The fraction of sp³-hybridized carbons (Fsp3) is 0.429. The van der Waals surface area contributed by atoms with Gasteiger partial charge in [0.1, 0.15) is 11.3 Å². The monoisotopic (exact) mass is 156 g/mol. The van der Waals surface area contributed by atoms with Crippen LogP contribution in [0.25, 0.3) is 0 Å². The number of aliphatic hydroxyl groups excluding tert-OH is 2. The first-order valence-electron chi connectivity index (χ1n) is 3.30. The summed E-state index contributed by atoms with van der Waals surface area (Å²) in [6, 6.07) is 0. The molecule has 4 heteroatoms. The van der Waals surface area contributed by atoms with Gasteiger partial charge in [-0.25, -0.2) is 0 Å². The van der Waals surface area contributed by atoms with E-state index in [-0.39, 0.29) is 5.76 Å². The molecule has 0 aromatic rings. The molecule has 11 heavy (non-hydrogen) atoms. The summed E-state index contributed by atoms with van der Waals surface area (Å²) < 4.78 is 0. The van der Waals surface area contributed by atoms with E-state index >= 15 is 0 Å². The fourth-order valence-corrected chi connectivity index (χ4v) is 0.868. The van der Waals surface area contributed by atoms with Gasteiger partial charge in [-0.05, 0) is 13.0 Å². The molecule has 0 saturated carbocycles. The van der Waals surface area contributed by atoms with E-state index < -0.39 is 11.6 Å². The van der Waals surface area contributed by atoms with Crippen molar-refractivity contribution >= 4 is 0 Å². The quantitative estimate of drug-likeness (QED) is 0.375. The Bertz CT molecular complexity index is 231. The van der Waals surface area contributed by atoms with Crippen LogP contribution in [0.3, 0.4) is 0 Å². The van der Waals surface area contributed by atoms with E-state index in [0.29, 0.717) is 5.70 Å². The van der Waals surface area contributed by atoms with Gasteiger partial charge in [-0.2, -0.15) is 0 Å². The summed E-state index contributed by atoms with van der Waals surface area (Å²) in [4.78, 5) is 0. The van der Waals surface area contributed by atoms with Crippen molar-refractivity contribution in [2.45, 2.75) is 18.6 Å². The molecule has 0 amide bonds. The molecule has 1 aliphatic rings. The van der Waals surface area contributed by atoms with Gasteiger partial charge in [-0.15, -0.1) is 0 Å². The first kappa shape index (κ1) is 8.10. The zero-order chi connectivity index (χ0) is 8.65. The topological polar surface area (TPSA) is 92.5 Å². The molecule has 0 aliphatic heterocycles. The lowest BCUT2D eigenvalue weighted by Crippen LogP contribution is -2.50. The Labute approximate surface area is 64.8 Å². The molecule has 4 nitrogen and oxygen atoms in total. The maximum atomic E-state index is 9.30. The first-order valence-corrected chi connectivity index (χ1v) is 3.30. The first-order chi connectivity index (χ1) is 4.94. The van der Waals surface area contributed by atoms with Gasteiger partial charge < -0.3 is 21.7 Å². The second-order valence-corrected chi connectivity index (χ2v) is 2.92. The molecule has 2 unspecified atom stereocenters. The normalized spacial score (nSPS) is 37.9. The zero-order valence-electron chi connectivity index (χ0n) is 6.28. The standard InChI is InChI=1S/C7H12N2O2/c1-7(9)5(10)2-4(8)3-6(7)11/h2-3,5,10-11H,8-9H2,1H3. The summed E-state index contributed by atoms with van der Waals surface area (Å²) in [5.41, 5.74) is 10.1. The van der Waals surface area contributed by atoms with Crippen molar-refractivity contribution in [3.05, 3.63) is 23.6 Å². The lowest BCUT2D eigenvalue weighted by molar-refractivity contribution is 0.122. The number of rotatable bonds is 0. The molecule has 0 fully saturated rings. The highest BCUT2D eigenvalue weighted by atomic mass is 16.3. The molecule has 1 rings (SSSR count). The predicted molar refractivity (Wildman–Crippen MR) is 41.6 cm³/mol. The number of aliphatic hydroxyl groups is 2. The fourth-order valence-electron chi connectivity index (χ4n) is 0.868. The average molecular weight is 156 g/mol. The number of nitrogens with two attached hydrogens (primary N) is 2. The molecule has 1 aliphatic carbocycles. The van der Waals surface area contributed by atoms with Crippen LogP contribution in [0.4, 0.5) is 0 Å². The van der Waals surface area contributed by atoms with Crippen LogP contribution < -0.4 is 11.5 Å². The van der Waals surface area contributed by atoms with E-state index in [4.69, 9.17) is 11.5 Å². The molecule has 0 bridgehead atoms. The molecule has 0 saturated heterocycles. The van der Waals surface area contributed by atoms with Gasteiger partial charge in [0.15, 0.2) is 0 Å². The Kier molecular flexibility index (Phi) is 1.66. The van der Waals surface area contributed by atoms with Crippen molar-refractivity contribution < 1.29 is 10.2 Å². The van der Waals surface area contributed by atoms with E-state index in [9.17, 15) is 10.2 Å². The van der Waals surface area contributed by atoms with E-state index in [1.54, 1.807) is 0 Å². The molecule has 0 aromatic carbocycles. The summed E-state index contributed by atoms with van der Waals surface area (Å²) in [7, 11) is 0. The lowest BCUT2D eigenvalue weighted by atomic mass is 9.89. The van der Waals surface area contributed by atoms with Crippen LogP contribution in [0.15, 0.2) is 23.6 Å². The van der Waals surface area contributed by atoms with Crippen molar-refractivity contribution in [2.24, 2.45) is 11.5 Å². The second kappa shape index (κ2) is 2.25. The van der Waals surface area contributed by atoms with Crippen LogP contribution in [-0.2, 0) is 0 Å². The smallest absolute Gasteiger partial charge is 0.117 e. The molecule has 0 aromatic heterocycles. The average Bonchev–Trinajstić information content (AvgIpc) is 1.84. The Morgan fingerprint density at radius 2 is 2.18 bits per heavy atom.